The molecule has 19 heavy (non-hydrogen) atoms. The molecule has 0 radical (unpaired) electrons. The Labute approximate surface area is 110 Å². The molecule has 5 nitrogen and oxygen atoms in total. The summed E-state index contributed by atoms with van der Waals surface area (Å²) in [5.41, 5.74) is 3.60. The Morgan fingerprint density at radius 2 is 2.11 bits per heavy atom. The number of hydrogen-bond acceptors (Lipinski definition) is 4. The van der Waals surface area contributed by atoms with Gasteiger partial charge in [0, 0.05) is 5.56 Å². The summed E-state index contributed by atoms with van der Waals surface area (Å²) in [7, 11) is 0. The van der Waals surface area contributed by atoms with Crippen LogP contribution in [0.15, 0.2) is 52.2 Å². The summed E-state index contributed by atoms with van der Waals surface area (Å²) in [6.45, 7) is 1.89. The second kappa shape index (κ2) is 5.86. The molecule has 2 N–H and O–H groups in total. The van der Waals surface area contributed by atoms with Crippen molar-refractivity contribution < 1.29 is 14.3 Å². The maximum Gasteiger partial charge on any atom is 0.307 e. The lowest BCUT2D eigenvalue weighted by Crippen LogP contribution is -2.19. The zero-order valence-corrected chi connectivity index (χ0v) is 10.5. The fraction of sp³-hybridized carbons (Fsp3) is 0.143. The number of amides is 1. The number of para-hydroxylation sites is 1. The largest absolute Gasteiger partial charge is 0.507 e. The molecule has 0 aliphatic carbocycles. The van der Waals surface area contributed by atoms with E-state index in [0.717, 1.165) is 0 Å². The lowest BCUT2D eigenvalue weighted by Gasteiger charge is -2.06. The number of furan rings is 1. The fourth-order valence-corrected chi connectivity index (χ4v) is 1.63. The molecule has 98 valence electrons. The maximum atomic E-state index is 11.7. The first-order valence-electron chi connectivity index (χ1n) is 5.91. The molecule has 1 heterocycles. The highest BCUT2D eigenvalue weighted by Crippen LogP contribution is 2.17. The monoisotopic (exact) mass is 258 g/mol. The van der Waals surface area contributed by atoms with Gasteiger partial charge in [-0.2, -0.15) is 5.10 Å². The van der Waals surface area contributed by atoms with Gasteiger partial charge in [-0.3, -0.25) is 4.79 Å². The Balaban J connectivity index is 2.16. The van der Waals surface area contributed by atoms with Crippen LogP contribution in [0.5, 0.6) is 5.75 Å². The first-order chi connectivity index (χ1) is 9.22. The van der Waals surface area contributed by atoms with Gasteiger partial charge in [-0.15, -0.1) is 0 Å². The van der Waals surface area contributed by atoms with Crippen molar-refractivity contribution in [1.82, 2.24) is 5.43 Å². The SMILES string of the molecule is CC/C(=N\NC(=O)c1ccco1)c1ccccc1O. The number of carbonyl (C=O) groups excluding carboxylic acids is 1. The van der Waals surface area contributed by atoms with E-state index < -0.39 is 5.91 Å². The second-order valence-electron chi connectivity index (χ2n) is 3.85. The van der Waals surface area contributed by atoms with Gasteiger partial charge in [0.2, 0.25) is 0 Å². The van der Waals surface area contributed by atoms with Crippen LogP contribution in [0.1, 0.15) is 29.5 Å². The summed E-state index contributed by atoms with van der Waals surface area (Å²) in [4.78, 5) is 11.7. The number of carbonyl (C=O) groups is 1. The van der Waals surface area contributed by atoms with E-state index in [-0.39, 0.29) is 11.5 Å². The van der Waals surface area contributed by atoms with E-state index in [9.17, 15) is 9.90 Å². The lowest BCUT2D eigenvalue weighted by atomic mass is 10.1. The molecule has 0 atom stereocenters. The molecule has 5 heteroatoms. The predicted molar refractivity (Wildman–Crippen MR) is 71.1 cm³/mol. The van der Waals surface area contributed by atoms with Gasteiger partial charge in [0.1, 0.15) is 5.75 Å². The smallest absolute Gasteiger partial charge is 0.307 e. The molecule has 0 aliphatic rings. The summed E-state index contributed by atoms with van der Waals surface area (Å²) in [5, 5.41) is 13.8. The van der Waals surface area contributed by atoms with E-state index in [1.807, 2.05) is 6.92 Å². The number of aromatic hydroxyl groups is 1. The van der Waals surface area contributed by atoms with Crippen LogP contribution < -0.4 is 5.43 Å². The zero-order chi connectivity index (χ0) is 13.7. The summed E-state index contributed by atoms with van der Waals surface area (Å²) in [6.07, 6.45) is 2.00. The van der Waals surface area contributed by atoms with Crippen molar-refractivity contribution in [2.45, 2.75) is 13.3 Å². The molecule has 2 aromatic rings. The van der Waals surface area contributed by atoms with Gasteiger partial charge in [0.15, 0.2) is 5.76 Å². The number of hydrogen-bond donors (Lipinski definition) is 2. The Bertz CT molecular complexity index is 588. The molecule has 0 spiro atoms. The Kier molecular flexibility index (Phi) is 3.97. The Morgan fingerprint density at radius 3 is 2.74 bits per heavy atom. The van der Waals surface area contributed by atoms with Crippen molar-refractivity contribution in [2.75, 3.05) is 0 Å². The summed E-state index contributed by atoms with van der Waals surface area (Å²) >= 11 is 0. The molecule has 2 rings (SSSR count). The van der Waals surface area contributed by atoms with Gasteiger partial charge < -0.3 is 9.52 Å². The second-order valence-corrected chi connectivity index (χ2v) is 3.85. The lowest BCUT2D eigenvalue weighted by molar-refractivity contribution is 0.0927. The fourth-order valence-electron chi connectivity index (χ4n) is 1.63. The van der Waals surface area contributed by atoms with Crippen LogP contribution in [-0.2, 0) is 0 Å². The van der Waals surface area contributed by atoms with Crippen LogP contribution >= 0.6 is 0 Å². The van der Waals surface area contributed by atoms with Crippen LogP contribution in [-0.4, -0.2) is 16.7 Å². The van der Waals surface area contributed by atoms with Crippen LogP contribution in [0.2, 0.25) is 0 Å². The van der Waals surface area contributed by atoms with Crippen molar-refractivity contribution >= 4 is 11.6 Å². The molecular formula is C14H14N2O3. The predicted octanol–water partition coefficient (Wildman–Crippen LogP) is 2.53. The van der Waals surface area contributed by atoms with Crippen molar-refractivity contribution in [3.05, 3.63) is 54.0 Å². The number of nitrogens with one attached hydrogen (secondary N) is 1. The molecule has 0 fully saturated rings. The molecule has 1 amide bonds. The van der Waals surface area contributed by atoms with Gasteiger partial charge >= 0.3 is 5.91 Å². The summed E-state index contributed by atoms with van der Waals surface area (Å²) in [5.74, 6) is -0.0989. The van der Waals surface area contributed by atoms with E-state index in [1.54, 1.807) is 36.4 Å². The maximum absolute atomic E-state index is 11.7. The number of nitrogens with zero attached hydrogens (tertiary/aromatic N) is 1. The number of phenolic OH excluding ortho intramolecular Hbond substituents is 1. The van der Waals surface area contributed by atoms with Crippen LogP contribution in [0.4, 0.5) is 0 Å². The van der Waals surface area contributed by atoms with Crippen LogP contribution in [0.25, 0.3) is 0 Å². The number of benzene rings is 1. The molecular weight excluding hydrogens is 244 g/mol. The third-order valence-electron chi connectivity index (χ3n) is 2.59. The standard InChI is InChI=1S/C14H14N2O3/c1-2-11(10-6-3-4-7-12(10)17)15-16-14(18)13-8-5-9-19-13/h3-9,17H,2H2,1H3,(H,16,18)/b15-11+. The van der Waals surface area contributed by atoms with Crippen LogP contribution in [0.3, 0.4) is 0 Å². The zero-order valence-electron chi connectivity index (χ0n) is 10.5. The van der Waals surface area contributed by atoms with Crippen molar-refractivity contribution in [1.29, 1.82) is 0 Å². The average molecular weight is 258 g/mol. The minimum absolute atomic E-state index is 0.135. The number of rotatable bonds is 4. The molecule has 0 unspecified atom stereocenters. The third-order valence-corrected chi connectivity index (χ3v) is 2.59. The van der Waals surface area contributed by atoms with E-state index in [0.29, 0.717) is 17.7 Å². The van der Waals surface area contributed by atoms with Crippen molar-refractivity contribution in [2.24, 2.45) is 5.10 Å². The Hall–Kier alpha value is -2.56. The van der Waals surface area contributed by atoms with Crippen LogP contribution in [0, 0.1) is 0 Å². The summed E-state index contributed by atoms with van der Waals surface area (Å²) in [6, 6.07) is 10.0. The molecule has 0 saturated heterocycles. The van der Waals surface area contributed by atoms with Crippen molar-refractivity contribution in [3.8, 4) is 5.75 Å². The van der Waals surface area contributed by atoms with Gasteiger partial charge in [-0.1, -0.05) is 19.1 Å². The quantitative estimate of drug-likeness (QED) is 0.653. The minimum atomic E-state index is -0.425. The number of phenols is 1. The highest BCUT2D eigenvalue weighted by molar-refractivity contribution is 6.03. The minimum Gasteiger partial charge on any atom is -0.507 e. The average Bonchev–Trinajstić information content (AvgIpc) is 2.95. The van der Waals surface area contributed by atoms with E-state index in [2.05, 4.69) is 10.5 Å². The summed E-state index contributed by atoms with van der Waals surface area (Å²) < 4.78 is 4.96. The Morgan fingerprint density at radius 1 is 1.32 bits per heavy atom. The normalized spacial score (nSPS) is 11.3. The molecule has 0 saturated carbocycles. The third kappa shape index (κ3) is 3.01. The van der Waals surface area contributed by atoms with Crippen molar-refractivity contribution in [3.63, 3.8) is 0 Å². The number of hydrazone groups is 1. The van der Waals surface area contributed by atoms with Gasteiger partial charge in [0.25, 0.3) is 0 Å². The first-order valence-corrected chi connectivity index (χ1v) is 5.91. The molecule has 1 aromatic carbocycles. The topological polar surface area (TPSA) is 74.8 Å². The molecule has 0 bridgehead atoms. The molecule has 1 aromatic heterocycles. The van der Waals surface area contributed by atoms with Gasteiger partial charge in [-0.25, -0.2) is 5.43 Å². The molecule has 0 aliphatic heterocycles. The van der Waals surface area contributed by atoms with E-state index in [1.165, 1.54) is 6.26 Å². The highest BCUT2D eigenvalue weighted by atomic mass is 16.3. The van der Waals surface area contributed by atoms with E-state index >= 15 is 0 Å². The van der Waals surface area contributed by atoms with E-state index in [4.69, 9.17) is 4.42 Å². The highest BCUT2D eigenvalue weighted by Gasteiger charge is 2.10. The van der Waals surface area contributed by atoms with Gasteiger partial charge in [-0.05, 0) is 30.7 Å². The van der Waals surface area contributed by atoms with Gasteiger partial charge in [0.05, 0.1) is 12.0 Å². The first kappa shape index (κ1) is 12.9.